The quantitative estimate of drug-likeness (QED) is 0.656. The lowest BCUT2D eigenvalue weighted by Gasteiger charge is -2.12. The fourth-order valence-electron chi connectivity index (χ4n) is 2.47. The SMILES string of the molecule is CCCCOc1ccc(C(=O)NCCc2ccc(OC)cc2)cc1OC. The monoisotopic (exact) mass is 357 g/mol. The summed E-state index contributed by atoms with van der Waals surface area (Å²) in [5, 5.41) is 2.93. The number of amides is 1. The Morgan fingerprint density at radius 2 is 1.77 bits per heavy atom. The third-order valence-corrected chi connectivity index (χ3v) is 4.04. The van der Waals surface area contributed by atoms with Crippen LogP contribution in [0.5, 0.6) is 17.2 Å². The number of hydrogen-bond donors (Lipinski definition) is 1. The Balaban J connectivity index is 1.89. The number of nitrogens with one attached hydrogen (secondary N) is 1. The van der Waals surface area contributed by atoms with Crippen LogP contribution in [0.25, 0.3) is 0 Å². The van der Waals surface area contributed by atoms with Crippen LogP contribution in [0, 0.1) is 0 Å². The van der Waals surface area contributed by atoms with Gasteiger partial charge in [-0.25, -0.2) is 0 Å². The molecule has 0 aliphatic heterocycles. The van der Waals surface area contributed by atoms with Gasteiger partial charge in [0.2, 0.25) is 0 Å². The summed E-state index contributed by atoms with van der Waals surface area (Å²) < 4.78 is 16.2. The van der Waals surface area contributed by atoms with Gasteiger partial charge in [0.25, 0.3) is 5.91 Å². The lowest BCUT2D eigenvalue weighted by atomic mass is 10.1. The van der Waals surface area contributed by atoms with Crippen LogP contribution in [0.2, 0.25) is 0 Å². The van der Waals surface area contributed by atoms with E-state index >= 15 is 0 Å². The molecule has 26 heavy (non-hydrogen) atoms. The van der Waals surface area contributed by atoms with Crippen molar-refractivity contribution in [3.63, 3.8) is 0 Å². The normalized spacial score (nSPS) is 10.3. The first kappa shape index (κ1) is 19.6. The van der Waals surface area contributed by atoms with E-state index in [2.05, 4.69) is 12.2 Å². The molecule has 1 amide bonds. The fraction of sp³-hybridized carbons (Fsp3) is 0.381. The first-order valence-electron chi connectivity index (χ1n) is 8.90. The zero-order valence-electron chi connectivity index (χ0n) is 15.7. The summed E-state index contributed by atoms with van der Waals surface area (Å²) in [6.45, 7) is 3.31. The average Bonchev–Trinajstić information content (AvgIpc) is 2.68. The molecule has 5 nitrogen and oxygen atoms in total. The van der Waals surface area contributed by atoms with E-state index in [-0.39, 0.29) is 5.91 Å². The molecule has 2 aromatic rings. The standard InChI is InChI=1S/C21H27NO4/c1-4-5-14-26-19-11-8-17(15-20(19)25-3)21(23)22-13-12-16-6-9-18(24-2)10-7-16/h6-11,15H,4-5,12-14H2,1-3H3,(H,22,23). The number of ether oxygens (including phenoxy) is 3. The zero-order valence-corrected chi connectivity index (χ0v) is 15.7. The maximum atomic E-state index is 12.3. The predicted octanol–water partition coefficient (Wildman–Crippen LogP) is 3.86. The third-order valence-electron chi connectivity index (χ3n) is 4.04. The smallest absolute Gasteiger partial charge is 0.251 e. The Hall–Kier alpha value is -2.69. The molecule has 0 spiro atoms. The second-order valence-electron chi connectivity index (χ2n) is 5.92. The van der Waals surface area contributed by atoms with E-state index in [4.69, 9.17) is 14.2 Å². The van der Waals surface area contributed by atoms with Crippen LogP contribution in [0.15, 0.2) is 42.5 Å². The summed E-state index contributed by atoms with van der Waals surface area (Å²) in [6.07, 6.45) is 2.80. The minimum Gasteiger partial charge on any atom is -0.497 e. The zero-order chi connectivity index (χ0) is 18.8. The van der Waals surface area contributed by atoms with Crippen LogP contribution in [0.3, 0.4) is 0 Å². The third kappa shape index (κ3) is 5.69. The highest BCUT2D eigenvalue weighted by Crippen LogP contribution is 2.28. The van der Waals surface area contributed by atoms with Gasteiger partial charge in [0.05, 0.1) is 20.8 Å². The van der Waals surface area contributed by atoms with Gasteiger partial charge in [-0.2, -0.15) is 0 Å². The van der Waals surface area contributed by atoms with Gasteiger partial charge in [0.15, 0.2) is 11.5 Å². The fourth-order valence-corrected chi connectivity index (χ4v) is 2.47. The maximum Gasteiger partial charge on any atom is 0.251 e. The Morgan fingerprint density at radius 1 is 1.00 bits per heavy atom. The number of carbonyl (C=O) groups excluding carboxylic acids is 1. The lowest BCUT2D eigenvalue weighted by Crippen LogP contribution is -2.25. The number of benzene rings is 2. The van der Waals surface area contributed by atoms with E-state index in [1.54, 1.807) is 32.4 Å². The van der Waals surface area contributed by atoms with Crippen LogP contribution in [0.4, 0.5) is 0 Å². The predicted molar refractivity (Wildman–Crippen MR) is 102 cm³/mol. The molecule has 0 aromatic heterocycles. The van der Waals surface area contributed by atoms with Crippen molar-refractivity contribution >= 4 is 5.91 Å². The highest BCUT2D eigenvalue weighted by atomic mass is 16.5. The first-order chi connectivity index (χ1) is 12.7. The number of methoxy groups -OCH3 is 2. The second kappa shape index (κ2) is 10.3. The Bertz CT molecular complexity index is 698. The summed E-state index contributed by atoms with van der Waals surface area (Å²) in [5.41, 5.74) is 1.70. The number of hydrogen-bond acceptors (Lipinski definition) is 4. The summed E-state index contributed by atoms with van der Waals surface area (Å²) >= 11 is 0. The molecule has 0 saturated heterocycles. The topological polar surface area (TPSA) is 56.8 Å². The molecule has 1 N–H and O–H groups in total. The molecule has 0 fully saturated rings. The van der Waals surface area contributed by atoms with Gasteiger partial charge < -0.3 is 19.5 Å². The first-order valence-corrected chi connectivity index (χ1v) is 8.90. The number of carbonyl (C=O) groups is 1. The van der Waals surface area contributed by atoms with Crippen molar-refractivity contribution in [1.29, 1.82) is 0 Å². The van der Waals surface area contributed by atoms with Crippen molar-refractivity contribution in [2.75, 3.05) is 27.4 Å². The van der Waals surface area contributed by atoms with Gasteiger partial charge >= 0.3 is 0 Å². The van der Waals surface area contributed by atoms with E-state index in [1.165, 1.54) is 0 Å². The van der Waals surface area contributed by atoms with Crippen LogP contribution in [-0.4, -0.2) is 33.3 Å². The van der Waals surface area contributed by atoms with Gasteiger partial charge in [-0.1, -0.05) is 25.5 Å². The van der Waals surface area contributed by atoms with E-state index in [0.29, 0.717) is 30.2 Å². The summed E-state index contributed by atoms with van der Waals surface area (Å²) in [4.78, 5) is 12.3. The molecule has 0 unspecified atom stereocenters. The molecular formula is C21H27NO4. The van der Waals surface area contributed by atoms with Gasteiger partial charge in [-0.05, 0) is 48.7 Å². The Morgan fingerprint density at radius 3 is 2.42 bits per heavy atom. The van der Waals surface area contributed by atoms with Gasteiger partial charge in [-0.15, -0.1) is 0 Å². The van der Waals surface area contributed by atoms with Gasteiger partial charge in [-0.3, -0.25) is 4.79 Å². The molecule has 0 aliphatic rings. The van der Waals surface area contributed by atoms with Crippen molar-refractivity contribution in [2.45, 2.75) is 26.2 Å². The van der Waals surface area contributed by atoms with E-state index in [0.717, 1.165) is 30.6 Å². The van der Waals surface area contributed by atoms with Crippen LogP contribution >= 0.6 is 0 Å². The van der Waals surface area contributed by atoms with Crippen molar-refractivity contribution in [3.8, 4) is 17.2 Å². The van der Waals surface area contributed by atoms with Gasteiger partial charge in [0.1, 0.15) is 5.75 Å². The molecule has 0 bridgehead atoms. The van der Waals surface area contributed by atoms with Crippen LogP contribution < -0.4 is 19.5 Å². The second-order valence-corrected chi connectivity index (χ2v) is 5.92. The van der Waals surface area contributed by atoms with E-state index in [9.17, 15) is 4.79 Å². The molecule has 2 rings (SSSR count). The Labute approximate surface area is 155 Å². The minimum atomic E-state index is -0.128. The molecule has 5 heteroatoms. The van der Waals surface area contributed by atoms with Crippen molar-refractivity contribution in [3.05, 3.63) is 53.6 Å². The van der Waals surface area contributed by atoms with Crippen molar-refractivity contribution in [2.24, 2.45) is 0 Å². The molecule has 0 radical (unpaired) electrons. The summed E-state index contributed by atoms with van der Waals surface area (Å²) in [7, 11) is 3.22. The molecule has 0 aliphatic carbocycles. The molecule has 0 heterocycles. The Kier molecular flexibility index (Phi) is 7.80. The number of rotatable bonds is 10. The van der Waals surface area contributed by atoms with Crippen LogP contribution in [-0.2, 0) is 6.42 Å². The molecule has 140 valence electrons. The molecule has 0 saturated carbocycles. The molecule has 2 aromatic carbocycles. The van der Waals surface area contributed by atoms with Crippen molar-refractivity contribution < 1.29 is 19.0 Å². The largest absolute Gasteiger partial charge is 0.497 e. The van der Waals surface area contributed by atoms with Crippen molar-refractivity contribution in [1.82, 2.24) is 5.32 Å². The highest BCUT2D eigenvalue weighted by molar-refractivity contribution is 5.94. The summed E-state index contributed by atoms with van der Waals surface area (Å²) in [6, 6.07) is 13.1. The minimum absolute atomic E-state index is 0.128. The molecule has 0 atom stereocenters. The molecular weight excluding hydrogens is 330 g/mol. The lowest BCUT2D eigenvalue weighted by molar-refractivity contribution is 0.0953. The van der Waals surface area contributed by atoms with Crippen LogP contribution in [0.1, 0.15) is 35.7 Å². The summed E-state index contributed by atoms with van der Waals surface area (Å²) in [5.74, 6) is 1.93. The average molecular weight is 357 g/mol. The van der Waals surface area contributed by atoms with E-state index < -0.39 is 0 Å². The highest BCUT2D eigenvalue weighted by Gasteiger charge is 2.11. The van der Waals surface area contributed by atoms with E-state index in [1.807, 2.05) is 24.3 Å². The number of unbranched alkanes of at least 4 members (excludes halogenated alkanes) is 1. The van der Waals surface area contributed by atoms with Gasteiger partial charge in [0, 0.05) is 12.1 Å². The maximum absolute atomic E-state index is 12.3.